The Labute approximate surface area is 157 Å². The number of hydrogen-bond acceptors (Lipinski definition) is 6. The van der Waals surface area contributed by atoms with E-state index < -0.39 is 27.1 Å². The lowest BCUT2D eigenvalue weighted by molar-refractivity contribution is -0.155. The summed E-state index contributed by atoms with van der Waals surface area (Å²) in [5.41, 5.74) is -0.254. The van der Waals surface area contributed by atoms with Crippen LogP contribution in [0.25, 0.3) is 11.5 Å². The first kappa shape index (κ1) is 19.0. The lowest BCUT2D eigenvalue weighted by Gasteiger charge is -2.35. The molecule has 0 N–H and O–H groups in total. The van der Waals surface area contributed by atoms with Gasteiger partial charge in [0.15, 0.2) is 5.76 Å². The van der Waals surface area contributed by atoms with Gasteiger partial charge in [-0.15, -0.1) is 0 Å². The van der Waals surface area contributed by atoms with E-state index in [-0.39, 0.29) is 48.8 Å². The molecule has 2 aromatic rings. The molecule has 2 fully saturated rings. The van der Waals surface area contributed by atoms with E-state index in [9.17, 15) is 26.4 Å². The van der Waals surface area contributed by atoms with Gasteiger partial charge in [0.25, 0.3) is 10.0 Å². The second kappa shape index (κ2) is 6.34. The number of nitrogens with zero attached hydrogens (tertiary/aromatic N) is 3. The molecule has 28 heavy (non-hydrogen) atoms. The molecule has 1 amide bonds. The summed E-state index contributed by atoms with van der Waals surface area (Å²) in [4.78, 5) is 13.5. The van der Waals surface area contributed by atoms with Crippen molar-refractivity contribution in [3.63, 3.8) is 0 Å². The van der Waals surface area contributed by atoms with Crippen LogP contribution in [0.1, 0.15) is 18.6 Å². The van der Waals surface area contributed by atoms with E-state index in [0.717, 1.165) is 0 Å². The maximum atomic E-state index is 12.9. The van der Waals surface area contributed by atoms with Gasteiger partial charge >= 0.3 is 6.18 Å². The van der Waals surface area contributed by atoms with E-state index in [1.165, 1.54) is 16.4 Å². The molecule has 0 spiro atoms. The smallest absolute Gasteiger partial charge is 0.441 e. The molecule has 4 rings (SSSR count). The van der Waals surface area contributed by atoms with Crippen molar-refractivity contribution >= 4 is 15.9 Å². The van der Waals surface area contributed by atoms with E-state index in [4.69, 9.17) is 4.42 Å². The zero-order valence-corrected chi connectivity index (χ0v) is 15.5. The van der Waals surface area contributed by atoms with Crippen molar-refractivity contribution in [3.05, 3.63) is 24.0 Å². The number of fused-ring (bicyclic) bond motifs is 1. The van der Waals surface area contributed by atoms with Crippen LogP contribution >= 0.6 is 0 Å². The number of sulfonamides is 1. The normalized spacial score (nSPS) is 24.0. The number of piperidine rings is 1. The van der Waals surface area contributed by atoms with Crippen LogP contribution in [-0.4, -0.2) is 54.9 Å². The average Bonchev–Trinajstić information content (AvgIpc) is 3.33. The van der Waals surface area contributed by atoms with Crippen LogP contribution in [0.2, 0.25) is 0 Å². The Balaban J connectivity index is 1.55. The van der Waals surface area contributed by atoms with Crippen molar-refractivity contribution in [2.45, 2.75) is 30.2 Å². The summed E-state index contributed by atoms with van der Waals surface area (Å²) >= 11 is 0. The van der Waals surface area contributed by atoms with Crippen LogP contribution in [-0.2, 0) is 21.0 Å². The number of amides is 1. The molecule has 4 heterocycles. The summed E-state index contributed by atoms with van der Waals surface area (Å²) in [5, 5.41) is 2.89. The highest BCUT2D eigenvalue weighted by Crippen LogP contribution is 2.36. The number of carbonyl (C=O) groups excluding carboxylic acids is 1. The summed E-state index contributed by atoms with van der Waals surface area (Å²) < 4.78 is 74.3. The number of carbonyl (C=O) groups is 1. The third-order valence-electron chi connectivity index (χ3n) is 5.20. The minimum absolute atomic E-state index is 0.0129. The molecule has 8 nitrogen and oxygen atoms in total. The first-order chi connectivity index (χ1) is 13.1. The maximum Gasteiger partial charge on any atom is 0.452 e. The second-order valence-electron chi connectivity index (χ2n) is 6.88. The third kappa shape index (κ3) is 3.09. The van der Waals surface area contributed by atoms with Crippen LogP contribution in [0.15, 0.2) is 32.2 Å². The van der Waals surface area contributed by atoms with Crippen LogP contribution in [0.5, 0.6) is 0 Å². The summed E-state index contributed by atoms with van der Waals surface area (Å²) in [5.74, 6) is -1.56. The number of rotatable bonds is 3. The molecule has 0 radical (unpaired) electrons. The fourth-order valence-corrected chi connectivity index (χ4v) is 5.14. The summed E-state index contributed by atoms with van der Waals surface area (Å²) in [6, 6.07) is 3.05. The molecule has 0 unspecified atom stereocenters. The second-order valence-corrected chi connectivity index (χ2v) is 8.75. The lowest BCUT2D eigenvalue weighted by Crippen LogP contribution is -2.47. The van der Waals surface area contributed by atoms with E-state index in [0.29, 0.717) is 12.5 Å². The molecular weight excluding hydrogens is 403 g/mol. The fourth-order valence-electron chi connectivity index (χ4n) is 3.72. The van der Waals surface area contributed by atoms with Gasteiger partial charge in [-0.05, 0) is 18.6 Å². The molecule has 12 heteroatoms. The number of likely N-dealkylation sites (tertiary alicyclic amines) is 1. The van der Waals surface area contributed by atoms with Gasteiger partial charge in [-0.2, -0.15) is 17.5 Å². The first-order valence-corrected chi connectivity index (χ1v) is 9.91. The minimum Gasteiger partial charge on any atom is -0.441 e. The predicted octanol–water partition coefficient (Wildman–Crippen LogP) is 2.19. The van der Waals surface area contributed by atoms with E-state index in [1.807, 2.05) is 0 Å². The predicted molar refractivity (Wildman–Crippen MR) is 87.2 cm³/mol. The Morgan fingerprint density at radius 1 is 1.29 bits per heavy atom. The first-order valence-electron chi connectivity index (χ1n) is 8.47. The van der Waals surface area contributed by atoms with Crippen molar-refractivity contribution in [2.24, 2.45) is 5.92 Å². The zero-order valence-electron chi connectivity index (χ0n) is 14.6. The Morgan fingerprint density at radius 2 is 2.04 bits per heavy atom. The molecule has 2 aliphatic rings. The minimum atomic E-state index is -4.71. The van der Waals surface area contributed by atoms with Gasteiger partial charge in [-0.1, -0.05) is 5.16 Å². The SMILES string of the molecule is CN1C(=O)C[C@@H]2CN(S(=O)(=O)c3ccc(-c4cc(C(F)(F)F)on4)o3)CC[C@@H]21. The van der Waals surface area contributed by atoms with Crippen molar-refractivity contribution in [1.29, 1.82) is 0 Å². The van der Waals surface area contributed by atoms with Gasteiger partial charge in [-0.25, -0.2) is 8.42 Å². The van der Waals surface area contributed by atoms with Crippen molar-refractivity contribution in [1.82, 2.24) is 14.4 Å². The molecule has 2 atom stereocenters. The number of alkyl halides is 3. The van der Waals surface area contributed by atoms with Gasteiger partial charge in [-0.3, -0.25) is 4.79 Å². The molecule has 0 aromatic carbocycles. The summed E-state index contributed by atoms with van der Waals surface area (Å²) in [6.07, 6.45) is -3.91. The molecule has 2 aliphatic heterocycles. The number of halogens is 3. The number of hydrogen-bond donors (Lipinski definition) is 0. The van der Waals surface area contributed by atoms with Crippen molar-refractivity contribution in [2.75, 3.05) is 20.1 Å². The Bertz CT molecular complexity index is 1010. The Hall–Kier alpha value is -2.34. The van der Waals surface area contributed by atoms with Crippen LogP contribution in [0.4, 0.5) is 13.2 Å². The Morgan fingerprint density at radius 3 is 2.71 bits per heavy atom. The number of aromatic nitrogens is 1. The highest BCUT2D eigenvalue weighted by molar-refractivity contribution is 7.89. The molecule has 2 saturated heterocycles. The Kier molecular flexibility index (Phi) is 4.30. The largest absolute Gasteiger partial charge is 0.452 e. The highest BCUT2D eigenvalue weighted by Gasteiger charge is 2.44. The van der Waals surface area contributed by atoms with Gasteiger partial charge in [0.1, 0.15) is 5.69 Å². The van der Waals surface area contributed by atoms with Crippen LogP contribution < -0.4 is 0 Å². The third-order valence-corrected chi connectivity index (χ3v) is 6.94. The van der Waals surface area contributed by atoms with E-state index in [2.05, 4.69) is 9.68 Å². The van der Waals surface area contributed by atoms with Crippen LogP contribution in [0, 0.1) is 5.92 Å². The highest BCUT2D eigenvalue weighted by atomic mass is 32.2. The van der Waals surface area contributed by atoms with Gasteiger partial charge in [0.05, 0.1) is 0 Å². The molecule has 0 saturated carbocycles. The zero-order chi connectivity index (χ0) is 20.3. The monoisotopic (exact) mass is 419 g/mol. The molecule has 152 valence electrons. The lowest BCUT2D eigenvalue weighted by atomic mass is 9.94. The van der Waals surface area contributed by atoms with Gasteiger partial charge in [0, 0.05) is 44.6 Å². The van der Waals surface area contributed by atoms with Gasteiger partial charge < -0.3 is 13.8 Å². The van der Waals surface area contributed by atoms with Crippen molar-refractivity contribution in [3.8, 4) is 11.5 Å². The summed E-state index contributed by atoms with van der Waals surface area (Å²) in [7, 11) is -2.28. The standard InChI is InChI=1S/C16H16F3N3O5S/c1-21-11-4-5-22(8-9(11)6-14(21)23)28(24,25)15-3-2-12(26-15)10-7-13(27-20-10)16(17,18)19/h2-3,7,9,11H,4-6,8H2,1H3/t9-,11+/m1/s1. The number of furan rings is 1. The van der Waals surface area contributed by atoms with E-state index in [1.54, 1.807) is 11.9 Å². The average molecular weight is 419 g/mol. The quantitative estimate of drug-likeness (QED) is 0.757. The van der Waals surface area contributed by atoms with Crippen LogP contribution in [0.3, 0.4) is 0 Å². The molecule has 0 bridgehead atoms. The maximum absolute atomic E-state index is 12.9. The fraction of sp³-hybridized carbons (Fsp3) is 0.500. The molecule has 2 aromatic heterocycles. The molecular formula is C16H16F3N3O5S. The molecule has 0 aliphatic carbocycles. The topological polar surface area (TPSA) is 96.9 Å². The summed E-state index contributed by atoms with van der Waals surface area (Å²) in [6.45, 7) is 0.403. The van der Waals surface area contributed by atoms with Gasteiger partial charge in [0.2, 0.25) is 16.8 Å². The van der Waals surface area contributed by atoms with Crippen molar-refractivity contribution < 1.29 is 35.3 Å². The van der Waals surface area contributed by atoms with E-state index >= 15 is 0 Å².